The summed E-state index contributed by atoms with van der Waals surface area (Å²) in [7, 11) is -4.87. The Morgan fingerprint density at radius 1 is 1.15 bits per heavy atom. The maximum atomic E-state index is 12.5. The lowest BCUT2D eigenvalue weighted by atomic mass is 10.0. The maximum absolute atomic E-state index is 12.5. The minimum atomic E-state index is -4.87. The van der Waals surface area contributed by atoms with Gasteiger partial charge in [0.25, 0.3) is 5.91 Å². The molecule has 186 valence electrons. The molecule has 0 radical (unpaired) electrons. The van der Waals surface area contributed by atoms with Crippen molar-refractivity contribution in [2.24, 2.45) is 0 Å². The predicted octanol–water partition coefficient (Wildman–Crippen LogP) is -0.490. The second-order valence-corrected chi connectivity index (χ2v) is 9.48. The summed E-state index contributed by atoms with van der Waals surface area (Å²) in [5.74, 6) is -0.350. The van der Waals surface area contributed by atoms with Crippen molar-refractivity contribution < 1.29 is 36.4 Å². The summed E-state index contributed by atoms with van der Waals surface area (Å²) in [5.41, 5.74) is 5.37. The number of hydrogen-bond donors (Lipinski definition) is 4. The number of carbonyl (C=O) groups excluding carboxylic acids is 3. The summed E-state index contributed by atoms with van der Waals surface area (Å²) in [6.45, 7) is 1.66. The molecule has 0 saturated carbocycles. The highest BCUT2D eigenvalue weighted by Gasteiger charge is 2.49. The number of fused-ring (bicyclic) bond motifs is 2. The zero-order valence-corrected chi connectivity index (χ0v) is 19.1. The first-order valence-corrected chi connectivity index (χ1v) is 12.4. The summed E-state index contributed by atoms with van der Waals surface area (Å²) < 4.78 is 40.8. The molecule has 3 aliphatic rings. The minimum Gasteiger partial charge on any atom is -0.492 e. The lowest BCUT2D eigenvalue weighted by Crippen LogP contribution is -2.54. The van der Waals surface area contributed by atoms with Gasteiger partial charge in [0.05, 0.1) is 12.5 Å². The van der Waals surface area contributed by atoms with Crippen molar-refractivity contribution in [1.29, 1.82) is 0 Å². The summed E-state index contributed by atoms with van der Waals surface area (Å²) in [6, 6.07) is 5.11. The number of rotatable bonds is 8. The molecule has 3 heterocycles. The predicted molar refractivity (Wildman–Crippen MR) is 116 cm³/mol. The Morgan fingerprint density at radius 3 is 2.59 bits per heavy atom. The molecular formula is C20H27N5O8S. The van der Waals surface area contributed by atoms with Gasteiger partial charge in [0.1, 0.15) is 18.4 Å². The normalized spacial score (nSPS) is 24.3. The molecule has 0 aliphatic carbocycles. The van der Waals surface area contributed by atoms with E-state index >= 15 is 0 Å². The van der Waals surface area contributed by atoms with E-state index in [9.17, 15) is 22.8 Å². The van der Waals surface area contributed by atoms with E-state index in [-0.39, 0.29) is 25.8 Å². The van der Waals surface area contributed by atoms with Crippen molar-refractivity contribution in [2.75, 3.05) is 19.7 Å². The lowest BCUT2D eigenvalue weighted by molar-refractivity contribution is -0.131. The largest absolute Gasteiger partial charge is 0.492 e. The van der Waals surface area contributed by atoms with Gasteiger partial charge in [0.15, 0.2) is 0 Å². The van der Waals surface area contributed by atoms with Gasteiger partial charge < -0.3 is 15.0 Å². The number of hydrogen-bond acceptors (Lipinski definition) is 8. The number of ether oxygens (including phenoxy) is 1. The van der Waals surface area contributed by atoms with E-state index in [2.05, 4.69) is 20.5 Å². The van der Waals surface area contributed by atoms with Crippen LogP contribution in [0.3, 0.4) is 0 Å². The molecule has 3 fully saturated rings. The van der Waals surface area contributed by atoms with Crippen LogP contribution in [0.15, 0.2) is 24.3 Å². The second kappa shape index (κ2) is 10.1. The van der Waals surface area contributed by atoms with Gasteiger partial charge in [0.2, 0.25) is 5.91 Å². The van der Waals surface area contributed by atoms with E-state index in [4.69, 9.17) is 9.29 Å². The lowest BCUT2D eigenvalue weighted by Gasteiger charge is -2.29. The summed E-state index contributed by atoms with van der Waals surface area (Å²) in [6.07, 6.45) is 2.79. The summed E-state index contributed by atoms with van der Waals surface area (Å²) in [4.78, 5) is 38.3. The van der Waals surface area contributed by atoms with E-state index in [1.54, 1.807) is 24.3 Å². The number of nitrogens with zero attached hydrogens (tertiary/aromatic N) is 2. The van der Waals surface area contributed by atoms with Gasteiger partial charge in [-0.3, -0.25) is 25.0 Å². The number of hydrazine groups is 1. The molecule has 1 aromatic carbocycles. The molecule has 1 aromatic rings. The second-order valence-electron chi connectivity index (χ2n) is 8.47. The Bertz CT molecular complexity index is 1030. The van der Waals surface area contributed by atoms with E-state index < -0.39 is 40.3 Å². The summed E-state index contributed by atoms with van der Waals surface area (Å²) in [5, 5.41) is 3.91. The Hall–Kier alpha value is -2.94. The third-order valence-corrected chi connectivity index (χ3v) is 6.38. The van der Waals surface area contributed by atoms with Crippen LogP contribution < -0.4 is 20.9 Å². The number of amides is 4. The molecule has 0 unspecified atom stereocenters. The Kier molecular flexibility index (Phi) is 7.21. The molecule has 0 spiro atoms. The Balaban J connectivity index is 1.22. The van der Waals surface area contributed by atoms with Crippen LogP contribution in [-0.2, 0) is 30.7 Å². The van der Waals surface area contributed by atoms with Crippen LogP contribution in [0.1, 0.15) is 31.2 Å². The molecular weight excluding hydrogens is 470 g/mol. The van der Waals surface area contributed by atoms with Crippen molar-refractivity contribution >= 4 is 28.2 Å². The molecule has 13 nitrogen and oxygen atoms in total. The van der Waals surface area contributed by atoms with Gasteiger partial charge in [-0.2, -0.15) is 13.5 Å². The third-order valence-electron chi connectivity index (χ3n) is 6.03. The van der Waals surface area contributed by atoms with Crippen LogP contribution >= 0.6 is 0 Å². The average Bonchev–Trinajstić information content (AvgIpc) is 3.40. The maximum Gasteiger partial charge on any atom is 0.418 e. The zero-order valence-electron chi connectivity index (χ0n) is 18.3. The zero-order chi connectivity index (χ0) is 24.3. The van der Waals surface area contributed by atoms with Crippen molar-refractivity contribution in [3.05, 3.63) is 29.8 Å². The van der Waals surface area contributed by atoms with Crippen LogP contribution in [0.5, 0.6) is 5.75 Å². The topological polar surface area (TPSA) is 167 Å². The fourth-order valence-electron chi connectivity index (χ4n) is 4.35. The molecule has 3 aliphatic heterocycles. The molecule has 3 atom stereocenters. The smallest absolute Gasteiger partial charge is 0.418 e. The number of piperidine rings is 1. The monoisotopic (exact) mass is 497 g/mol. The highest BCUT2D eigenvalue weighted by Crippen LogP contribution is 2.30. The quantitative estimate of drug-likeness (QED) is 0.274. The van der Waals surface area contributed by atoms with Crippen molar-refractivity contribution in [1.82, 2.24) is 26.1 Å². The molecule has 4 amide bonds. The van der Waals surface area contributed by atoms with Gasteiger partial charge >= 0.3 is 16.4 Å². The SMILES string of the molecule is O=C(Cc1ccc(OC[C@@H]2CCCN2)cc1)NNC(=O)[C@@H]1CC[C@@H]2CN1C(=O)N2OS(=O)(=O)O. The van der Waals surface area contributed by atoms with Crippen LogP contribution in [0.25, 0.3) is 0 Å². The molecule has 14 heteroatoms. The number of urea groups is 1. The van der Waals surface area contributed by atoms with Crippen molar-refractivity contribution in [2.45, 2.75) is 50.2 Å². The number of nitrogens with one attached hydrogen (secondary N) is 3. The van der Waals surface area contributed by atoms with Gasteiger partial charge in [-0.1, -0.05) is 12.1 Å². The number of carbonyl (C=O) groups is 3. The minimum absolute atomic E-state index is 0.0239. The standard InChI is InChI=1S/C20H27N5O8S/c26-18(10-13-3-6-16(7-4-13)32-12-14-2-1-9-21-14)22-23-19(27)17-8-5-15-11-24(17)20(28)25(15)33-34(29,30)31/h3-4,6-7,14-15,17,21H,1-2,5,8-12H2,(H,22,26)(H,23,27)(H,29,30,31)/t14-,15+,17-/m0/s1. The van der Waals surface area contributed by atoms with Crippen LogP contribution in [-0.4, -0.2) is 78.6 Å². The first-order valence-electron chi connectivity index (χ1n) is 11.0. The summed E-state index contributed by atoms with van der Waals surface area (Å²) >= 11 is 0. The van der Waals surface area contributed by atoms with Gasteiger partial charge in [-0.25, -0.2) is 4.79 Å². The van der Waals surface area contributed by atoms with Gasteiger partial charge in [-0.05, 0) is 49.9 Å². The van der Waals surface area contributed by atoms with Crippen molar-refractivity contribution in [3.63, 3.8) is 0 Å². The highest BCUT2D eigenvalue weighted by atomic mass is 32.3. The average molecular weight is 498 g/mol. The van der Waals surface area contributed by atoms with E-state index in [1.807, 2.05) is 0 Å². The molecule has 4 N–H and O–H groups in total. The van der Waals surface area contributed by atoms with Crippen LogP contribution in [0.4, 0.5) is 4.79 Å². The van der Waals surface area contributed by atoms with Gasteiger partial charge in [0, 0.05) is 12.6 Å². The molecule has 4 rings (SSSR count). The van der Waals surface area contributed by atoms with Crippen LogP contribution in [0, 0.1) is 0 Å². The molecule has 34 heavy (non-hydrogen) atoms. The molecule has 2 bridgehead atoms. The third kappa shape index (κ3) is 5.94. The first kappa shape index (κ1) is 24.2. The van der Waals surface area contributed by atoms with E-state index in [0.29, 0.717) is 23.5 Å². The van der Waals surface area contributed by atoms with E-state index in [0.717, 1.165) is 29.8 Å². The molecule has 0 aromatic heterocycles. The first-order chi connectivity index (χ1) is 16.2. The molecule has 3 saturated heterocycles. The van der Waals surface area contributed by atoms with Crippen LogP contribution in [0.2, 0.25) is 0 Å². The number of hydroxylamine groups is 2. The Morgan fingerprint density at radius 2 is 1.91 bits per heavy atom. The van der Waals surface area contributed by atoms with Gasteiger partial charge in [-0.15, -0.1) is 4.28 Å². The fourth-order valence-corrected chi connectivity index (χ4v) is 4.74. The van der Waals surface area contributed by atoms with Crippen molar-refractivity contribution in [3.8, 4) is 5.75 Å². The highest BCUT2D eigenvalue weighted by molar-refractivity contribution is 7.80. The fraction of sp³-hybridized carbons (Fsp3) is 0.550. The Labute approximate surface area is 196 Å². The van der Waals surface area contributed by atoms with E-state index in [1.165, 1.54) is 0 Å². The number of benzene rings is 1.